The average molecular weight is 223 g/mol. The smallest absolute Gasteiger partial charge is 0.120 e. The maximum atomic E-state index is 5.61. The molecule has 1 rings (SSSR count). The van der Waals surface area contributed by atoms with Gasteiger partial charge in [-0.25, -0.2) is 0 Å². The number of aryl methyl sites for hydroxylation is 1. The number of furan rings is 1. The highest BCUT2D eigenvalue weighted by atomic mass is 16.3. The van der Waals surface area contributed by atoms with E-state index in [1.54, 1.807) is 0 Å². The van der Waals surface area contributed by atoms with E-state index in [-0.39, 0.29) is 0 Å². The van der Waals surface area contributed by atoms with Crippen molar-refractivity contribution in [2.75, 3.05) is 0 Å². The van der Waals surface area contributed by atoms with Crippen molar-refractivity contribution in [2.24, 2.45) is 5.92 Å². The van der Waals surface area contributed by atoms with Crippen molar-refractivity contribution in [1.82, 2.24) is 5.32 Å². The van der Waals surface area contributed by atoms with E-state index in [4.69, 9.17) is 4.42 Å². The lowest BCUT2D eigenvalue weighted by atomic mass is 10.00. The van der Waals surface area contributed by atoms with Crippen LogP contribution in [0.2, 0.25) is 0 Å². The van der Waals surface area contributed by atoms with Gasteiger partial charge in [0.15, 0.2) is 0 Å². The summed E-state index contributed by atoms with van der Waals surface area (Å²) < 4.78 is 5.61. The predicted molar refractivity (Wildman–Crippen MR) is 68.5 cm³/mol. The lowest BCUT2D eigenvalue weighted by molar-refractivity contribution is 0.350. The SMILES string of the molecule is CCC(C)CC(C)NC(C)c1ccc(C)o1. The summed E-state index contributed by atoms with van der Waals surface area (Å²) in [6.07, 6.45) is 2.47. The molecule has 1 aromatic heterocycles. The Labute approximate surface area is 99.4 Å². The van der Waals surface area contributed by atoms with Crippen LogP contribution in [0.15, 0.2) is 16.5 Å². The Balaban J connectivity index is 2.42. The third kappa shape index (κ3) is 4.01. The minimum atomic E-state index is 0.299. The lowest BCUT2D eigenvalue weighted by Gasteiger charge is -2.21. The topological polar surface area (TPSA) is 25.2 Å². The Morgan fingerprint density at radius 3 is 2.44 bits per heavy atom. The molecule has 16 heavy (non-hydrogen) atoms. The van der Waals surface area contributed by atoms with Gasteiger partial charge in [0.2, 0.25) is 0 Å². The summed E-state index contributed by atoms with van der Waals surface area (Å²) in [6.45, 7) is 10.9. The van der Waals surface area contributed by atoms with Crippen LogP contribution < -0.4 is 5.32 Å². The zero-order valence-electron chi connectivity index (χ0n) is 11.2. The molecule has 1 aromatic rings. The highest BCUT2D eigenvalue weighted by molar-refractivity contribution is 5.09. The Morgan fingerprint density at radius 1 is 1.25 bits per heavy atom. The minimum Gasteiger partial charge on any atom is -0.465 e. The molecule has 2 nitrogen and oxygen atoms in total. The van der Waals surface area contributed by atoms with Crippen LogP contribution in [0.3, 0.4) is 0 Å². The second-order valence-corrected chi connectivity index (χ2v) is 4.99. The summed E-state index contributed by atoms with van der Waals surface area (Å²) in [7, 11) is 0. The first-order valence-electron chi connectivity index (χ1n) is 6.35. The number of hydrogen-bond acceptors (Lipinski definition) is 2. The molecule has 0 aliphatic rings. The Morgan fingerprint density at radius 2 is 1.94 bits per heavy atom. The highest BCUT2D eigenvalue weighted by Crippen LogP contribution is 2.18. The average Bonchev–Trinajstić information content (AvgIpc) is 2.64. The fraction of sp³-hybridized carbons (Fsp3) is 0.714. The monoisotopic (exact) mass is 223 g/mol. The van der Waals surface area contributed by atoms with Crippen molar-refractivity contribution < 1.29 is 4.42 Å². The van der Waals surface area contributed by atoms with Gasteiger partial charge in [-0.1, -0.05) is 20.3 Å². The van der Waals surface area contributed by atoms with Crippen molar-refractivity contribution in [1.29, 1.82) is 0 Å². The Hall–Kier alpha value is -0.760. The Kier molecular flexibility index (Phi) is 5.07. The van der Waals surface area contributed by atoms with Crippen molar-refractivity contribution >= 4 is 0 Å². The van der Waals surface area contributed by atoms with Crippen molar-refractivity contribution in [3.8, 4) is 0 Å². The third-order valence-electron chi connectivity index (χ3n) is 3.18. The van der Waals surface area contributed by atoms with Gasteiger partial charge in [0.25, 0.3) is 0 Å². The van der Waals surface area contributed by atoms with Crippen LogP contribution in [0.1, 0.15) is 58.1 Å². The standard InChI is InChI=1S/C14H25NO/c1-6-10(2)9-11(3)15-13(5)14-8-7-12(4)16-14/h7-8,10-11,13,15H,6,9H2,1-5H3. The zero-order chi connectivity index (χ0) is 12.1. The molecule has 0 bridgehead atoms. The molecule has 0 aromatic carbocycles. The van der Waals surface area contributed by atoms with Crippen LogP contribution in [0.25, 0.3) is 0 Å². The molecule has 0 saturated heterocycles. The molecule has 0 amide bonds. The predicted octanol–water partition coefficient (Wildman–Crippen LogP) is 4.06. The summed E-state index contributed by atoms with van der Waals surface area (Å²) >= 11 is 0. The molecule has 3 unspecified atom stereocenters. The molecule has 0 saturated carbocycles. The molecule has 3 atom stereocenters. The van der Waals surface area contributed by atoms with Gasteiger partial charge in [-0.15, -0.1) is 0 Å². The van der Waals surface area contributed by atoms with Crippen LogP contribution >= 0.6 is 0 Å². The van der Waals surface area contributed by atoms with Gasteiger partial charge >= 0.3 is 0 Å². The van der Waals surface area contributed by atoms with E-state index in [0.717, 1.165) is 17.4 Å². The fourth-order valence-electron chi connectivity index (χ4n) is 2.03. The van der Waals surface area contributed by atoms with Gasteiger partial charge in [0.1, 0.15) is 11.5 Å². The van der Waals surface area contributed by atoms with Crippen molar-refractivity contribution in [2.45, 2.75) is 59.5 Å². The van der Waals surface area contributed by atoms with Gasteiger partial charge in [-0.2, -0.15) is 0 Å². The molecular formula is C14H25NO. The third-order valence-corrected chi connectivity index (χ3v) is 3.18. The molecule has 0 spiro atoms. The van der Waals surface area contributed by atoms with Crippen LogP contribution in [0, 0.1) is 12.8 Å². The lowest BCUT2D eigenvalue weighted by Crippen LogP contribution is -2.30. The second kappa shape index (κ2) is 6.09. The summed E-state index contributed by atoms with van der Waals surface area (Å²) in [5, 5.41) is 3.58. The first kappa shape index (κ1) is 13.3. The van der Waals surface area contributed by atoms with Gasteiger partial charge in [0, 0.05) is 6.04 Å². The largest absolute Gasteiger partial charge is 0.465 e. The maximum Gasteiger partial charge on any atom is 0.120 e. The van der Waals surface area contributed by atoms with E-state index in [1.807, 2.05) is 13.0 Å². The summed E-state index contributed by atoms with van der Waals surface area (Å²) in [5.74, 6) is 2.81. The first-order valence-corrected chi connectivity index (χ1v) is 6.35. The normalized spacial score (nSPS) is 17.1. The van der Waals surface area contributed by atoms with Crippen LogP contribution in [-0.4, -0.2) is 6.04 Å². The van der Waals surface area contributed by atoms with Crippen LogP contribution in [0.5, 0.6) is 0 Å². The van der Waals surface area contributed by atoms with E-state index in [9.17, 15) is 0 Å². The maximum absolute atomic E-state index is 5.61. The Bertz CT molecular complexity index is 305. The molecule has 0 aliphatic carbocycles. The van der Waals surface area contributed by atoms with E-state index < -0.39 is 0 Å². The first-order chi connectivity index (χ1) is 7.52. The van der Waals surface area contributed by atoms with E-state index in [0.29, 0.717) is 12.1 Å². The van der Waals surface area contributed by atoms with Gasteiger partial charge < -0.3 is 9.73 Å². The molecule has 0 radical (unpaired) electrons. The summed E-state index contributed by atoms with van der Waals surface area (Å²) in [5.41, 5.74) is 0. The zero-order valence-corrected chi connectivity index (χ0v) is 11.2. The van der Waals surface area contributed by atoms with E-state index in [1.165, 1.54) is 12.8 Å². The molecule has 92 valence electrons. The minimum absolute atomic E-state index is 0.299. The molecule has 0 fully saturated rings. The quantitative estimate of drug-likeness (QED) is 0.786. The molecule has 0 aliphatic heterocycles. The number of rotatable bonds is 6. The van der Waals surface area contributed by atoms with Gasteiger partial charge in [-0.05, 0) is 45.2 Å². The number of nitrogens with one attached hydrogen (secondary N) is 1. The summed E-state index contributed by atoms with van der Waals surface area (Å²) in [4.78, 5) is 0. The van der Waals surface area contributed by atoms with Gasteiger partial charge in [-0.3, -0.25) is 0 Å². The number of hydrogen-bond donors (Lipinski definition) is 1. The molecule has 1 N–H and O–H groups in total. The van der Waals surface area contributed by atoms with Crippen molar-refractivity contribution in [3.05, 3.63) is 23.7 Å². The second-order valence-electron chi connectivity index (χ2n) is 4.99. The molecular weight excluding hydrogens is 198 g/mol. The fourth-order valence-corrected chi connectivity index (χ4v) is 2.03. The van der Waals surface area contributed by atoms with Crippen molar-refractivity contribution in [3.63, 3.8) is 0 Å². The molecule has 2 heteroatoms. The highest BCUT2D eigenvalue weighted by Gasteiger charge is 2.13. The van der Waals surface area contributed by atoms with Crippen LogP contribution in [0.4, 0.5) is 0 Å². The van der Waals surface area contributed by atoms with E-state index >= 15 is 0 Å². The van der Waals surface area contributed by atoms with Gasteiger partial charge in [0.05, 0.1) is 6.04 Å². The van der Waals surface area contributed by atoms with Crippen LogP contribution in [-0.2, 0) is 0 Å². The van der Waals surface area contributed by atoms with E-state index in [2.05, 4.69) is 39.1 Å². The molecule has 1 heterocycles. The summed E-state index contributed by atoms with van der Waals surface area (Å²) in [6, 6.07) is 4.92.